The van der Waals surface area contributed by atoms with Gasteiger partial charge in [0.05, 0.1) is 10.6 Å². The van der Waals surface area contributed by atoms with Crippen LogP contribution in [0.2, 0.25) is 5.02 Å². The number of piperazine rings is 1. The standard InChI is InChI=1S/C30H38ClN5O2/c1-29(2)27(30(3,4)28(29)38-24-11-8-21(17-32)25(31)16-24)33-26(37)20-6-9-22(10-7-20)35-12-14-36(15-13-35)23-18-34(5)19-23/h6-11,16,23,27-28H,12-15,18-19H2,1-5H3,(H,33,37)/t27-,28-. The molecule has 0 unspecified atom stereocenters. The molecule has 2 aromatic carbocycles. The Balaban J connectivity index is 1.18. The molecule has 1 aliphatic carbocycles. The number of benzene rings is 2. The summed E-state index contributed by atoms with van der Waals surface area (Å²) in [7, 11) is 2.18. The molecule has 3 aliphatic rings. The summed E-state index contributed by atoms with van der Waals surface area (Å²) in [5.41, 5.74) is 1.67. The van der Waals surface area contributed by atoms with Crippen molar-refractivity contribution in [3.05, 3.63) is 58.6 Å². The second-order valence-electron chi connectivity index (χ2n) is 12.2. The summed E-state index contributed by atoms with van der Waals surface area (Å²) < 4.78 is 6.34. The summed E-state index contributed by atoms with van der Waals surface area (Å²) in [6, 6.07) is 15.8. The third-order valence-corrected chi connectivity index (χ3v) is 9.11. The largest absolute Gasteiger partial charge is 0.489 e. The van der Waals surface area contributed by atoms with Gasteiger partial charge in [0, 0.05) is 79.5 Å². The Bertz CT molecular complexity index is 1210. The number of rotatable bonds is 6. The zero-order chi connectivity index (χ0) is 27.2. The van der Waals surface area contributed by atoms with Crippen LogP contribution in [0.3, 0.4) is 0 Å². The van der Waals surface area contributed by atoms with E-state index in [4.69, 9.17) is 21.6 Å². The first-order valence-corrected chi connectivity index (χ1v) is 13.8. The van der Waals surface area contributed by atoms with Crippen molar-refractivity contribution in [2.75, 3.05) is 51.2 Å². The highest BCUT2D eigenvalue weighted by atomic mass is 35.5. The number of ether oxygens (including phenoxy) is 1. The maximum Gasteiger partial charge on any atom is 0.251 e. The summed E-state index contributed by atoms with van der Waals surface area (Å²) in [4.78, 5) is 20.6. The second kappa shape index (κ2) is 10.1. The molecule has 0 aromatic heterocycles. The van der Waals surface area contributed by atoms with Gasteiger partial charge in [-0.2, -0.15) is 5.26 Å². The average Bonchev–Trinajstić information content (AvgIpc) is 2.88. The fraction of sp³-hybridized carbons (Fsp3) is 0.533. The molecule has 0 radical (unpaired) electrons. The minimum absolute atomic E-state index is 0.0681. The van der Waals surface area contributed by atoms with E-state index in [-0.39, 0.29) is 28.9 Å². The van der Waals surface area contributed by atoms with Crippen molar-refractivity contribution in [2.24, 2.45) is 10.8 Å². The molecular weight excluding hydrogens is 498 g/mol. The predicted octanol–water partition coefficient (Wildman–Crippen LogP) is 4.26. The number of likely N-dealkylation sites (tertiary alicyclic amines) is 1. The van der Waals surface area contributed by atoms with Gasteiger partial charge in [0.15, 0.2) is 0 Å². The maximum absolute atomic E-state index is 13.3. The SMILES string of the molecule is CN1CC(N2CCN(c3ccc(C(=O)N[C@H]4C(C)(C)[C@H](Oc5ccc(C#N)c(Cl)c5)C4(C)C)cc3)CC2)C1. The number of nitrogens with zero attached hydrogens (tertiary/aromatic N) is 4. The lowest BCUT2D eigenvalue weighted by molar-refractivity contribution is -0.164. The van der Waals surface area contributed by atoms with Gasteiger partial charge in [-0.25, -0.2) is 0 Å². The van der Waals surface area contributed by atoms with Crippen molar-refractivity contribution in [3.8, 4) is 11.8 Å². The van der Waals surface area contributed by atoms with Crippen LogP contribution in [0.15, 0.2) is 42.5 Å². The molecule has 2 aromatic rings. The van der Waals surface area contributed by atoms with Crippen LogP contribution < -0.4 is 15.0 Å². The Kier molecular flexibility index (Phi) is 7.10. The summed E-state index contributed by atoms with van der Waals surface area (Å²) in [5, 5.41) is 12.8. The number of carbonyl (C=O) groups is 1. The molecule has 7 nitrogen and oxygen atoms in total. The lowest BCUT2D eigenvalue weighted by Crippen LogP contribution is -2.74. The van der Waals surface area contributed by atoms with E-state index in [0.717, 1.165) is 26.2 Å². The molecule has 0 bridgehead atoms. The van der Waals surface area contributed by atoms with Crippen LogP contribution in [-0.4, -0.2) is 80.2 Å². The van der Waals surface area contributed by atoms with Crippen molar-refractivity contribution in [1.29, 1.82) is 5.26 Å². The van der Waals surface area contributed by atoms with E-state index in [2.05, 4.69) is 73.0 Å². The van der Waals surface area contributed by atoms with Crippen LogP contribution in [0, 0.1) is 22.2 Å². The predicted molar refractivity (Wildman–Crippen MR) is 151 cm³/mol. The normalized spacial score (nSPS) is 25.1. The zero-order valence-electron chi connectivity index (χ0n) is 23.0. The zero-order valence-corrected chi connectivity index (χ0v) is 23.8. The molecule has 2 saturated heterocycles. The second-order valence-corrected chi connectivity index (χ2v) is 12.7. The third kappa shape index (κ3) is 4.86. The van der Waals surface area contributed by atoms with E-state index >= 15 is 0 Å². The number of amides is 1. The Morgan fingerprint density at radius 2 is 1.66 bits per heavy atom. The Hall–Kier alpha value is -2.79. The van der Waals surface area contributed by atoms with Gasteiger partial charge in [-0.1, -0.05) is 39.3 Å². The van der Waals surface area contributed by atoms with Gasteiger partial charge in [-0.3, -0.25) is 9.69 Å². The Morgan fingerprint density at radius 1 is 1.03 bits per heavy atom. The monoisotopic (exact) mass is 535 g/mol. The van der Waals surface area contributed by atoms with Crippen LogP contribution in [0.4, 0.5) is 5.69 Å². The molecule has 1 saturated carbocycles. The lowest BCUT2D eigenvalue weighted by Gasteiger charge is -2.63. The van der Waals surface area contributed by atoms with Gasteiger partial charge < -0.3 is 19.9 Å². The molecule has 202 valence electrons. The summed E-state index contributed by atoms with van der Waals surface area (Å²) in [5.74, 6) is 0.558. The molecule has 38 heavy (non-hydrogen) atoms. The molecule has 2 aliphatic heterocycles. The third-order valence-electron chi connectivity index (χ3n) is 8.80. The number of hydrogen-bond acceptors (Lipinski definition) is 6. The Labute approximate surface area is 231 Å². The van der Waals surface area contributed by atoms with Crippen LogP contribution in [0.5, 0.6) is 5.75 Å². The fourth-order valence-corrected chi connectivity index (χ4v) is 7.09. The van der Waals surface area contributed by atoms with Crippen molar-refractivity contribution < 1.29 is 9.53 Å². The minimum Gasteiger partial charge on any atom is -0.489 e. The van der Waals surface area contributed by atoms with Gasteiger partial charge >= 0.3 is 0 Å². The molecule has 1 amide bonds. The van der Waals surface area contributed by atoms with E-state index in [1.807, 2.05) is 12.1 Å². The number of nitrogens with one attached hydrogen (secondary N) is 1. The van der Waals surface area contributed by atoms with E-state index in [1.165, 1.54) is 18.8 Å². The molecule has 0 atom stereocenters. The molecule has 8 heteroatoms. The molecule has 2 heterocycles. The first-order chi connectivity index (χ1) is 18.0. The topological polar surface area (TPSA) is 71.8 Å². The van der Waals surface area contributed by atoms with Crippen LogP contribution in [-0.2, 0) is 0 Å². The number of halogens is 1. The van der Waals surface area contributed by atoms with E-state index < -0.39 is 0 Å². The van der Waals surface area contributed by atoms with Crippen LogP contribution in [0.25, 0.3) is 0 Å². The Morgan fingerprint density at radius 3 is 2.21 bits per heavy atom. The molecule has 3 fully saturated rings. The fourth-order valence-electron chi connectivity index (χ4n) is 6.88. The smallest absolute Gasteiger partial charge is 0.251 e. The minimum atomic E-state index is -0.297. The van der Waals surface area contributed by atoms with E-state index in [9.17, 15) is 4.79 Å². The number of nitriles is 1. The molecule has 0 spiro atoms. The van der Waals surface area contributed by atoms with Crippen molar-refractivity contribution in [2.45, 2.75) is 45.9 Å². The van der Waals surface area contributed by atoms with Gasteiger partial charge in [0.1, 0.15) is 17.9 Å². The van der Waals surface area contributed by atoms with Gasteiger partial charge in [0.2, 0.25) is 0 Å². The van der Waals surface area contributed by atoms with Gasteiger partial charge in [0.25, 0.3) is 5.91 Å². The molecule has 5 rings (SSSR count). The highest BCUT2D eigenvalue weighted by Gasteiger charge is 2.64. The number of hydrogen-bond donors (Lipinski definition) is 1. The highest BCUT2D eigenvalue weighted by Crippen LogP contribution is 2.55. The molecular formula is C30H38ClN5O2. The van der Waals surface area contributed by atoms with Crippen LogP contribution >= 0.6 is 11.6 Å². The quantitative estimate of drug-likeness (QED) is 0.596. The maximum atomic E-state index is 13.3. The van der Waals surface area contributed by atoms with E-state index in [0.29, 0.717) is 27.9 Å². The van der Waals surface area contributed by atoms with Crippen molar-refractivity contribution in [1.82, 2.24) is 15.1 Å². The lowest BCUT2D eigenvalue weighted by atomic mass is 9.49. The summed E-state index contributed by atoms with van der Waals surface area (Å²) in [6.45, 7) is 15.0. The number of likely N-dealkylation sites (N-methyl/N-ethyl adjacent to an activating group) is 1. The highest BCUT2D eigenvalue weighted by molar-refractivity contribution is 6.31. The number of carbonyl (C=O) groups excluding carboxylic acids is 1. The first kappa shape index (κ1) is 26.8. The molecule has 1 N–H and O–H groups in total. The first-order valence-electron chi connectivity index (χ1n) is 13.5. The van der Waals surface area contributed by atoms with Crippen LogP contribution in [0.1, 0.15) is 43.6 Å². The van der Waals surface area contributed by atoms with Crippen molar-refractivity contribution in [3.63, 3.8) is 0 Å². The summed E-state index contributed by atoms with van der Waals surface area (Å²) in [6.07, 6.45) is -0.134. The summed E-state index contributed by atoms with van der Waals surface area (Å²) >= 11 is 6.21. The van der Waals surface area contributed by atoms with Gasteiger partial charge in [-0.05, 0) is 43.4 Å². The van der Waals surface area contributed by atoms with Gasteiger partial charge in [-0.15, -0.1) is 0 Å². The van der Waals surface area contributed by atoms with Crippen molar-refractivity contribution >= 4 is 23.2 Å². The number of anilines is 1. The average molecular weight is 536 g/mol. The van der Waals surface area contributed by atoms with E-state index in [1.54, 1.807) is 18.2 Å².